The van der Waals surface area contributed by atoms with E-state index in [9.17, 15) is 5.11 Å². The molecule has 0 radical (unpaired) electrons. The molecule has 0 heterocycles. The van der Waals surface area contributed by atoms with E-state index >= 15 is 0 Å². The molecule has 1 aromatic rings. The molecule has 0 spiro atoms. The summed E-state index contributed by atoms with van der Waals surface area (Å²) in [6, 6.07) is 3.78. The monoisotopic (exact) mass is 392 g/mol. The lowest BCUT2D eigenvalue weighted by Crippen LogP contribution is -2.38. The molecule has 3 nitrogen and oxygen atoms in total. The first-order chi connectivity index (χ1) is 8.94. The number of rotatable bonds is 7. The van der Waals surface area contributed by atoms with E-state index in [4.69, 9.17) is 11.5 Å². The molecule has 0 aliphatic carbocycles. The lowest BCUT2D eigenvalue weighted by molar-refractivity contribution is 0.365. The van der Waals surface area contributed by atoms with Crippen LogP contribution in [0.4, 0.5) is 0 Å². The molecule has 0 aliphatic rings. The van der Waals surface area contributed by atoms with Crippen molar-refractivity contribution in [2.75, 3.05) is 6.54 Å². The van der Waals surface area contributed by atoms with Crippen molar-refractivity contribution in [1.82, 2.24) is 0 Å². The van der Waals surface area contributed by atoms with Gasteiger partial charge in [0.2, 0.25) is 0 Å². The van der Waals surface area contributed by atoms with E-state index in [1.165, 1.54) is 12.8 Å². The second kappa shape index (κ2) is 7.62. The van der Waals surface area contributed by atoms with Crippen LogP contribution >= 0.6 is 31.9 Å². The molecule has 0 amide bonds. The smallest absolute Gasteiger partial charge is 0.143 e. The fourth-order valence-electron chi connectivity index (χ4n) is 2.21. The van der Waals surface area contributed by atoms with Gasteiger partial charge in [-0.3, -0.25) is 0 Å². The second-order valence-electron chi connectivity index (χ2n) is 4.94. The van der Waals surface area contributed by atoms with E-state index in [0.717, 1.165) is 24.8 Å². The third kappa shape index (κ3) is 4.45. The van der Waals surface area contributed by atoms with Crippen LogP contribution in [-0.2, 0) is 5.54 Å². The van der Waals surface area contributed by atoms with Crippen LogP contribution in [0.2, 0.25) is 0 Å². The third-order valence-electron chi connectivity index (χ3n) is 3.41. The van der Waals surface area contributed by atoms with Gasteiger partial charge in [-0.25, -0.2) is 0 Å². The Morgan fingerprint density at radius 2 is 1.74 bits per heavy atom. The Bertz CT molecular complexity index is 403. The molecule has 0 aromatic heterocycles. The van der Waals surface area contributed by atoms with E-state index in [2.05, 4.69) is 38.8 Å². The number of benzene rings is 1. The fraction of sp³-hybridized carbons (Fsp3) is 0.571. The lowest BCUT2D eigenvalue weighted by Gasteiger charge is -2.30. The SMILES string of the molecule is CCCCCC(N)(CCN)c1cc(Br)c(O)c(Br)c1. The third-order valence-corrected chi connectivity index (χ3v) is 4.62. The van der Waals surface area contributed by atoms with Crippen LogP contribution < -0.4 is 11.5 Å². The summed E-state index contributed by atoms with van der Waals surface area (Å²) in [6.07, 6.45) is 5.07. The minimum Gasteiger partial charge on any atom is -0.506 e. The molecule has 108 valence electrons. The predicted octanol–water partition coefficient (Wildman–Crippen LogP) is 4.00. The van der Waals surface area contributed by atoms with Crippen LogP contribution in [0.3, 0.4) is 0 Å². The second-order valence-corrected chi connectivity index (χ2v) is 6.65. The van der Waals surface area contributed by atoms with Gasteiger partial charge in [-0.1, -0.05) is 26.2 Å². The summed E-state index contributed by atoms with van der Waals surface area (Å²) in [7, 11) is 0. The summed E-state index contributed by atoms with van der Waals surface area (Å²) < 4.78 is 1.30. The molecule has 0 aliphatic heterocycles. The number of hydrogen-bond donors (Lipinski definition) is 3. The normalized spacial score (nSPS) is 14.4. The standard InChI is InChI=1S/C14H22Br2N2O/c1-2-3-4-5-14(18,6-7-17)10-8-11(15)13(19)12(16)9-10/h8-9,19H,2-7,17-18H2,1H3. The van der Waals surface area contributed by atoms with Crippen molar-refractivity contribution in [2.24, 2.45) is 11.5 Å². The Morgan fingerprint density at radius 3 is 2.21 bits per heavy atom. The van der Waals surface area contributed by atoms with Crippen LogP contribution in [0.25, 0.3) is 0 Å². The molecule has 1 atom stereocenters. The van der Waals surface area contributed by atoms with Crippen molar-refractivity contribution in [3.8, 4) is 5.75 Å². The predicted molar refractivity (Wildman–Crippen MR) is 87.2 cm³/mol. The summed E-state index contributed by atoms with van der Waals surface area (Å²) in [5.41, 5.74) is 12.8. The highest BCUT2D eigenvalue weighted by atomic mass is 79.9. The Labute approximate surface area is 132 Å². The molecule has 1 unspecified atom stereocenters. The maximum atomic E-state index is 9.78. The molecule has 1 aromatic carbocycles. The van der Waals surface area contributed by atoms with Crippen LogP contribution in [0.15, 0.2) is 21.1 Å². The first-order valence-corrected chi connectivity index (χ1v) is 8.20. The zero-order valence-electron chi connectivity index (χ0n) is 11.3. The van der Waals surface area contributed by atoms with Gasteiger partial charge >= 0.3 is 0 Å². The first kappa shape index (κ1) is 17.0. The minimum absolute atomic E-state index is 0.201. The van der Waals surface area contributed by atoms with E-state index in [1.54, 1.807) is 0 Å². The van der Waals surface area contributed by atoms with Crippen molar-refractivity contribution < 1.29 is 5.11 Å². The van der Waals surface area contributed by atoms with E-state index in [1.807, 2.05) is 12.1 Å². The summed E-state index contributed by atoms with van der Waals surface area (Å²) in [6.45, 7) is 2.73. The molecule has 5 N–H and O–H groups in total. The zero-order valence-corrected chi connectivity index (χ0v) is 14.4. The number of nitrogens with two attached hydrogens (primary N) is 2. The summed E-state index contributed by atoms with van der Waals surface area (Å²) in [4.78, 5) is 0. The summed E-state index contributed by atoms with van der Waals surface area (Å²) >= 11 is 6.71. The van der Waals surface area contributed by atoms with Gasteiger partial charge in [0.25, 0.3) is 0 Å². The van der Waals surface area contributed by atoms with Gasteiger partial charge in [0, 0.05) is 5.54 Å². The molecular formula is C14H22Br2N2O. The van der Waals surface area contributed by atoms with Gasteiger partial charge in [-0.05, 0) is 68.9 Å². The highest BCUT2D eigenvalue weighted by molar-refractivity contribution is 9.11. The highest BCUT2D eigenvalue weighted by Gasteiger charge is 2.27. The largest absolute Gasteiger partial charge is 0.506 e. The lowest BCUT2D eigenvalue weighted by atomic mass is 9.83. The number of phenolic OH excluding ortho intramolecular Hbond substituents is 1. The van der Waals surface area contributed by atoms with Crippen molar-refractivity contribution in [2.45, 2.75) is 44.6 Å². The molecule has 0 bridgehead atoms. The first-order valence-electron chi connectivity index (χ1n) is 6.62. The number of halogens is 2. The fourth-order valence-corrected chi connectivity index (χ4v) is 3.40. The zero-order chi connectivity index (χ0) is 14.5. The molecule has 0 fully saturated rings. The van der Waals surface area contributed by atoms with Gasteiger partial charge in [0.1, 0.15) is 5.75 Å². The maximum absolute atomic E-state index is 9.78. The number of phenols is 1. The van der Waals surface area contributed by atoms with Gasteiger partial charge < -0.3 is 16.6 Å². The number of hydrogen-bond acceptors (Lipinski definition) is 3. The Kier molecular flexibility index (Phi) is 6.80. The quantitative estimate of drug-likeness (QED) is 0.613. The molecule has 5 heteroatoms. The molecular weight excluding hydrogens is 372 g/mol. The van der Waals surface area contributed by atoms with Crippen LogP contribution in [0, 0.1) is 0 Å². The van der Waals surface area contributed by atoms with Crippen molar-refractivity contribution in [1.29, 1.82) is 0 Å². The average Bonchev–Trinajstić information content (AvgIpc) is 2.36. The Balaban J connectivity index is 3.03. The van der Waals surface area contributed by atoms with Crippen molar-refractivity contribution >= 4 is 31.9 Å². The van der Waals surface area contributed by atoms with Crippen LogP contribution in [0.1, 0.15) is 44.6 Å². The molecule has 1 rings (SSSR count). The van der Waals surface area contributed by atoms with Crippen molar-refractivity contribution in [3.05, 3.63) is 26.6 Å². The maximum Gasteiger partial charge on any atom is 0.143 e. The van der Waals surface area contributed by atoms with E-state index in [-0.39, 0.29) is 5.75 Å². The minimum atomic E-state index is -0.428. The average molecular weight is 394 g/mol. The van der Waals surface area contributed by atoms with Gasteiger partial charge in [0.05, 0.1) is 8.95 Å². The van der Waals surface area contributed by atoms with Gasteiger partial charge in [0.15, 0.2) is 0 Å². The molecule has 0 saturated heterocycles. The number of aromatic hydroxyl groups is 1. The topological polar surface area (TPSA) is 72.3 Å². The highest BCUT2D eigenvalue weighted by Crippen LogP contribution is 2.38. The Hall–Kier alpha value is -0.100. The molecule has 19 heavy (non-hydrogen) atoms. The van der Waals surface area contributed by atoms with E-state index < -0.39 is 5.54 Å². The van der Waals surface area contributed by atoms with Crippen LogP contribution in [0.5, 0.6) is 5.75 Å². The summed E-state index contributed by atoms with van der Waals surface area (Å²) in [5.74, 6) is 0.201. The van der Waals surface area contributed by atoms with Crippen LogP contribution in [-0.4, -0.2) is 11.7 Å². The summed E-state index contributed by atoms with van der Waals surface area (Å²) in [5, 5.41) is 9.78. The van der Waals surface area contributed by atoms with E-state index in [0.29, 0.717) is 15.5 Å². The van der Waals surface area contributed by atoms with Crippen molar-refractivity contribution in [3.63, 3.8) is 0 Å². The molecule has 0 saturated carbocycles. The van der Waals surface area contributed by atoms with Gasteiger partial charge in [-0.15, -0.1) is 0 Å². The Morgan fingerprint density at radius 1 is 1.16 bits per heavy atom. The van der Waals surface area contributed by atoms with Gasteiger partial charge in [-0.2, -0.15) is 0 Å². The number of unbranched alkanes of at least 4 members (excludes halogenated alkanes) is 2.